The topological polar surface area (TPSA) is 67.1 Å². The zero-order valence-electron chi connectivity index (χ0n) is 10.2. The maximum Gasteiger partial charge on any atom is 0.323 e. The second-order valence-electron chi connectivity index (χ2n) is 3.99. The van der Waals surface area contributed by atoms with E-state index in [1.54, 1.807) is 12.1 Å². The van der Waals surface area contributed by atoms with E-state index in [4.69, 9.17) is 5.73 Å². The number of urea groups is 1. The van der Waals surface area contributed by atoms with Gasteiger partial charge in [0.05, 0.1) is 0 Å². The molecule has 0 aliphatic rings. The molecule has 0 saturated carbocycles. The quantitative estimate of drug-likeness (QED) is 0.793. The van der Waals surface area contributed by atoms with Gasteiger partial charge in [0.1, 0.15) is 5.82 Å². The third-order valence-corrected chi connectivity index (χ3v) is 2.52. The van der Waals surface area contributed by atoms with Crippen LogP contribution >= 0.6 is 0 Å². The summed E-state index contributed by atoms with van der Waals surface area (Å²) in [4.78, 5) is 11.7. The molecule has 19 heavy (non-hydrogen) atoms. The fourth-order valence-corrected chi connectivity index (χ4v) is 1.60. The van der Waals surface area contributed by atoms with Gasteiger partial charge in [-0.2, -0.15) is 0 Å². The van der Waals surface area contributed by atoms with Crippen LogP contribution in [0.4, 0.5) is 20.6 Å². The third-order valence-electron chi connectivity index (χ3n) is 2.52. The monoisotopic (exact) mass is 259 g/mol. The SMILES string of the molecule is NCc1cccc(NC(=O)Nc2ccc(F)cc2)c1. The maximum atomic E-state index is 12.7. The molecule has 0 aliphatic carbocycles. The van der Waals surface area contributed by atoms with Crippen LogP contribution in [0.1, 0.15) is 5.56 Å². The smallest absolute Gasteiger partial charge is 0.323 e. The number of benzene rings is 2. The highest BCUT2D eigenvalue weighted by molar-refractivity contribution is 5.99. The van der Waals surface area contributed by atoms with Gasteiger partial charge in [-0.25, -0.2) is 9.18 Å². The van der Waals surface area contributed by atoms with Gasteiger partial charge in [0, 0.05) is 17.9 Å². The summed E-state index contributed by atoms with van der Waals surface area (Å²) in [7, 11) is 0. The highest BCUT2D eigenvalue weighted by Crippen LogP contribution is 2.12. The van der Waals surface area contributed by atoms with Crippen molar-refractivity contribution in [3.8, 4) is 0 Å². The van der Waals surface area contributed by atoms with E-state index in [-0.39, 0.29) is 11.8 Å². The van der Waals surface area contributed by atoms with Crippen LogP contribution in [0.3, 0.4) is 0 Å². The molecule has 0 bridgehead atoms. The molecular weight excluding hydrogens is 245 g/mol. The van der Waals surface area contributed by atoms with Gasteiger partial charge in [-0.15, -0.1) is 0 Å². The number of halogens is 1. The molecule has 0 fully saturated rings. The number of hydrogen-bond acceptors (Lipinski definition) is 2. The molecule has 5 heteroatoms. The molecule has 2 aromatic rings. The summed E-state index contributed by atoms with van der Waals surface area (Å²) in [6, 6.07) is 12.4. The third kappa shape index (κ3) is 3.79. The van der Waals surface area contributed by atoms with E-state index in [0.717, 1.165) is 5.56 Å². The molecule has 2 amide bonds. The largest absolute Gasteiger partial charge is 0.326 e. The van der Waals surface area contributed by atoms with Crippen molar-refractivity contribution in [1.29, 1.82) is 0 Å². The van der Waals surface area contributed by atoms with Crippen molar-refractivity contribution in [2.75, 3.05) is 10.6 Å². The van der Waals surface area contributed by atoms with Crippen LogP contribution in [0.15, 0.2) is 48.5 Å². The first kappa shape index (κ1) is 13.0. The average molecular weight is 259 g/mol. The summed E-state index contributed by atoms with van der Waals surface area (Å²) in [6.07, 6.45) is 0. The Kier molecular flexibility index (Phi) is 4.10. The predicted octanol–water partition coefficient (Wildman–Crippen LogP) is 2.93. The molecule has 4 nitrogen and oxygen atoms in total. The molecule has 0 aliphatic heterocycles. The second kappa shape index (κ2) is 5.97. The van der Waals surface area contributed by atoms with Crippen molar-refractivity contribution in [1.82, 2.24) is 0 Å². The number of nitrogens with two attached hydrogens (primary N) is 1. The fourth-order valence-electron chi connectivity index (χ4n) is 1.60. The fraction of sp³-hybridized carbons (Fsp3) is 0.0714. The van der Waals surface area contributed by atoms with Crippen LogP contribution in [-0.2, 0) is 6.54 Å². The Morgan fingerprint density at radius 1 is 1.05 bits per heavy atom. The lowest BCUT2D eigenvalue weighted by atomic mass is 10.2. The van der Waals surface area contributed by atoms with Crippen molar-refractivity contribution in [3.63, 3.8) is 0 Å². The van der Waals surface area contributed by atoms with E-state index < -0.39 is 0 Å². The summed E-state index contributed by atoms with van der Waals surface area (Å²) in [5, 5.41) is 5.29. The Morgan fingerprint density at radius 3 is 2.42 bits per heavy atom. The molecule has 2 aromatic carbocycles. The lowest BCUT2D eigenvalue weighted by molar-refractivity contribution is 0.262. The molecule has 0 saturated heterocycles. The number of rotatable bonds is 3. The van der Waals surface area contributed by atoms with Crippen molar-refractivity contribution >= 4 is 17.4 Å². The number of amides is 2. The van der Waals surface area contributed by atoms with Gasteiger partial charge in [-0.1, -0.05) is 12.1 Å². The molecule has 0 heterocycles. The lowest BCUT2D eigenvalue weighted by Crippen LogP contribution is -2.19. The van der Waals surface area contributed by atoms with Gasteiger partial charge >= 0.3 is 6.03 Å². The number of carbonyl (C=O) groups is 1. The predicted molar refractivity (Wildman–Crippen MR) is 73.4 cm³/mol. The Bertz CT molecular complexity index is 569. The van der Waals surface area contributed by atoms with Crippen LogP contribution in [-0.4, -0.2) is 6.03 Å². The number of carbonyl (C=O) groups excluding carboxylic acids is 1. The van der Waals surface area contributed by atoms with Gasteiger partial charge < -0.3 is 16.4 Å². The van der Waals surface area contributed by atoms with E-state index in [0.29, 0.717) is 17.9 Å². The van der Waals surface area contributed by atoms with Gasteiger partial charge in [0.15, 0.2) is 0 Å². The van der Waals surface area contributed by atoms with Gasteiger partial charge in [-0.3, -0.25) is 0 Å². The van der Waals surface area contributed by atoms with Crippen LogP contribution in [0.25, 0.3) is 0 Å². The minimum Gasteiger partial charge on any atom is -0.326 e. The standard InChI is InChI=1S/C14H14FN3O/c15-11-4-6-12(7-5-11)17-14(19)18-13-3-1-2-10(8-13)9-16/h1-8H,9,16H2,(H2,17,18,19). The molecule has 0 spiro atoms. The zero-order valence-corrected chi connectivity index (χ0v) is 10.2. The molecule has 98 valence electrons. The summed E-state index contributed by atoms with van der Waals surface area (Å²) in [6.45, 7) is 0.412. The van der Waals surface area contributed by atoms with E-state index >= 15 is 0 Å². The molecule has 0 aromatic heterocycles. The van der Waals surface area contributed by atoms with Crippen LogP contribution in [0.5, 0.6) is 0 Å². The van der Waals surface area contributed by atoms with Gasteiger partial charge in [0.2, 0.25) is 0 Å². The summed E-state index contributed by atoms with van der Waals surface area (Å²) in [5.41, 5.74) is 7.63. The normalized spacial score (nSPS) is 10.0. The minimum atomic E-state index is -0.388. The number of nitrogens with one attached hydrogen (secondary N) is 2. The molecule has 4 N–H and O–H groups in total. The molecule has 2 rings (SSSR count). The average Bonchev–Trinajstić information content (AvgIpc) is 2.41. The second-order valence-corrected chi connectivity index (χ2v) is 3.99. The first-order valence-corrected chi connectivity index (χ1v) is 5.80. The zero-order chi connectivity index (χ0) is 13.7. The van der Waals surface area contributed by atoms with Crippen molar-refractivity contribution in [2.24, 2.45) is 5.73 Å². The highest BCUT2D eigenvalue weighted by atomic mass is 19.1. The van der Waals surface area contributed by atoms with E-state index in [9.17, 15) is 9.18 Å². The van der Waals surface area contributed by atoms with Crippen molar-refractivity contribution in [3.05, 3.63) is 59.9 Å². The van der Waals surface area contributed by atoms with Crippen molar-refractivity contribution < 1.29 is 9.18 Å². The Balaban J connectivity index is 1.99. The molecule has 0 unspecified atom stereocenters. The number of anilines is 2. The van der Waals surface area contributed by atoms with E-state index in [1.165, 1.54) is 24.3 Å². The summed E-state index contributed by atoms with van der Waals surface area (Å²) in [5.74, 6) is -0.346. The molecule has 0 radical (unpaired) electrons. The first-order chi connectivity index (χ1) is 9.17. The van der Waals surface area contributed by atoms with Crippen LogP contribution < -0.4 is 16.4 Å². The van der Waals surface area contributed by atoms with Gasteiger partial charge in [0.25, 0.3) is 0 Å². The summed E-state index contributed by atoms with van der Waals surface area (Å²) >= 11 is 0. The Labute approximate surface area is 110 Å². The van der Waals surface area contributed by atoms with Crippen molar-refractivity contribution in [2.45, 2.75) is 6.54 Å². The maximum absolute atomic E-state index is 12.7. The van der Waals surface area contributed by atoms with Crippen LogP contribution in [0.2, 0.25) is 0 Å². The molecular formula is C14H14FN3O. The highest BCUT2D eigenvalue weighted by Gasteiger charge is 2.03. The molecule has 0 atom stereocenters. The lowest BCUT2D eigenvalue weighted by Gasteiger charge is -2.08. The first-order valence-electron chi connectivity index (χ1n) is 5.80. The minimum absolute atomic E-state index is 0.346. The van der Waals surface area contributed by atoms with E-state index in [2.05, 4.69) is 10.6 Å². The Morgan fingerprint density at radius 2 is 1.74 bits per heavy atom. The van der Waals surface area contributed by atoms with E-state index in [1.807, 2.05) is 12.1 Å². The number of hydrogen-bond donors (Lipinski definition) is 3. The summed E-state index contributed by atoms with van der Waals surface area (Å²) < 4.78 is 12.7. The van der Waals surface area contributed by atoms with Crippen LogP contribution in [0, 0.1) is 5.82 Å². The van der Waals surface area contributed by atoms with Gasteiger partial charge in [-0.05, 0) is 42.0 Å². The Hall–Kier alpha value is -2.40.